The summed E-state index contributed by atoms with van der Waals surface area (Å²) in [7, 11) is -4.07. The third-order valence-electron chi connectivity index (χ3n) is 6.61. The number of hydrogen-bond donors (Lipinski definition) is 4. The van der Waals surface area contributed by atoms with E-state index in [0.29, 0.717) is 32.2 Å². The molecule has 0 heterocycles. The van der Waals surface area contributed by atoms with Crippen LogP contribution in [0.2, 0.25) is 0 Å². The molecule has 8 nitrogen and oxygen atoms in total. The van der Waals surface area contributed by atoms with Gasteiger partial charge in [-0.2, -0.15) is 4.31 Å². The van der Waals surface area contributed by atoms with Gasteiger partial charge in [0.15, 0.2) is 0 Å². The predicted octanol–water partition coefficient (Wildman–Crippen LogP) is 3.43. The van der Waals surface area contributed by atoms with Crippen molar-refractivity contribution < 1.29 is 22.7 Å². The standard InChI is InChI=1S/C29H39FN4O4S/c1-20(2)18-34(39(37,38)25-12-13-27(31)26(30)17-25)24(19-35)9-5-6-14-33-29(36)28(32)16-21-10-11-22-7-3-4-8-23(22)15-21/h3-4,7-8,10-13,15,17,20,24,28,35H,5-6,9,14,16,18-19,31-32H2,1-2H3,(H,33,36)/t24?,28-/m0/s1. The van der Waals surface area contributed by atoms with Gasteiger partial charge in [-0.3, -0.25) is 4.79 Å². The van der Waals surface area contributed by atoms with Crippen LogP contribution < -0.4 is 16.8 Å². The largest absolute Gasteiger partial charge is 0.396 e. The molecule has 3 aromatic carbocycles. The molecular formula is C29H39FN4O4S. The van der Waals surface area contributed by atoms with E-state index < -0.39 is 27.9 Å². The molecule has 1 amide bonds. The number of anilines is 1. The normalized spacial score (nSPS) is 13.6. The average molecular weight is 559 g/mol. The van der Waals surface area contributed by atoms with Crippen LogP contribution in [0.15, 0.2) is 65.6 Å². The molecule has 0 saturated heterocycles. The third-order valence-corrected chi connectivity index (χ3v) is 8.53. The molecule has 1 unspecified atom stereocenters. The van der Waals surface area contributed by atoms with E-state index in [4.69, 9.17) is 11.5 Å². The number of nitrogens with zero attached hydrogens (tertiary/aromatic N) is 1. The summed E-state index contributed by atoms with van der Waals surface area (Å²) in [6.45, 7) is 3.91. The number of fused-ring (bicyclic) bond motifs is 1. The molecular weight excluding hydrogens is 519 g/mol. The van der Waals surface area contributed by atoms with Gasteiger partial charge in [0, 0.05) is 19.1 Å². The zero-order valence-electron chi connectivity index (χ0n) is 22.5. The number of rotatable bonds is 14. The monoisotopic (exact) mass is 558 g/mol. The van der Waals surface area contributed by atoms with Gasteiger partial charge in [0.25, 0.3) is 0 Å². The van der Waals surface area contributed by atoms with E-state index in [1.807, 2.05) is 56.3 Å². The van der Waals surface area contributed by atoms with Crippen molar-refractivity contribution in [3.8, 4) is 0 Å². The SMILES string of the molecule is CC(C)CN(C(CO)CCCCNC(=O)[C@@H](N)Cc1ccc2ccccc2c1)S(=O)(=O)c1ccc(N)c(F)c1. The first-order chi connectivity index (χ1) is 18.5. The predicted molar refractivity (Wildman–Crippen MR) is 153 cm³/mol. The van der Waals surface area contributed by atoms with E-state index in [1.54, 1.807) is 0 Å². The minimum atomic E-state index is -4.07. The van der Waals surface area contributed by atoms with Crippen molar-refractivity contribution in [3.63, 3.8) is 0 Å². The Morgan fingerprint density at radius 2 is 1.77 bits per heavy atom. The van der Waals surface area contributed by atoms with Crippen LogP contribution in [-0.2, 0) is 21.2 Å². The average Bonchev–Trinajstić information content (AvgIpc) is 2.90. The lowest BCUT2D eigenvalue weighted by atomic mass is 10.0. The minimum absolute atomic E-state index is 0.0177. The van der Waals surface area contributed by atoms with Crippen molar-refractivity contribution in [2.24, 2.45) is 11.7 Å². The Morgan fingerprint density at radius 1 is 1.05 bits per heavy atom. The molecule has 10 heteroatoms. The van der Waals surface area contributed by atoms with E-state index in [1.165, 1.54) is 16.4 Å². The van der Waals surface area contributed by atoms with Crippen molar-refractivity contribution in [1.29, 1.82) is 0 Å². The van der Waals surface area contributed by atoms with Crippen LogP contribution >= 0.6 is 0 Å². The number of aliphatic hydroxyl groups is 1. The number of amides is 1. The Kier molecular flexibility index (Phi) is 10.8. The number of carbonyl (C=O) groups excluding carboxylic acids is 1. The van der Waals surface area contributed by atoms with Crippen LogP contribution in [0.5, 0.6) is 0 Å². The Balaban J connectivity index is 1.53. The van der Waals surface area contributed by atoms with Gasteiger partial charge in [0.2, 0.25) is 15.9 Å². The summed E-state index contributed by atoms with van der Waals surface area (Å²) in [6, 6.07) is 16.0. The van der Waals surface area contributed by atoms with Gasteiger partial charge < -0.3 is 21.9 Å². The first kappa shape index (κ1) is 30.5. The van der Waals surface area contributed by atoms with Crippen LogP contribution in [0.4, 0.5) is 10.1 Å². The third kappa shape index (κ3) is 8.22. The lowest BCUT2D eigenvalue weighted by molar-refractivity contribution is -0.122. The fraction of sp³-hybridized carbons (Fsp3) is 0.414. The molecule has 39 heavy (non-hydrogen) atoms. The number of carbonyl (C=O) groups is 1. The highest BCUT2D eigenvalue weighted by atomic mass is 32.2. The zero-order chi connectivity index (χ0) is 28.6. The molecule has 0 aromatic heterocycles. The molecule has 212 valence electrons. The highest BCUT2D eigenvalue weighted by Gasteiger charge is 2.32. The lowest BCUT2D eigenvalue weighted by Crippen LogP contribution is -2.44. The summed E-state index contributed by atoms with van der Waals surface area (Å²) in [5.74, 6) is -1.08. The number of halogens is 1. The summed E-state index contributed by atoms with van der Waals surface area (Å²) in [6.07, 6.45) is 1.93. The Morgan fingerprint density at radius 3 is 2.44 bits per heavy atom. The van der Waals surface area contributed by atoms with Gasteiger partial charge in [-0.15, -0.1) is 0 Å². The number of aliphatic hydroxyl groups excluding tert-OH is 1. The molecule has 0 radical (unpaired) electrons. The van der Waals surface area contributed by atoms with E-state index in [0.717, 1.165) is 22.4 Å². The van der Waals surface area contributed by atoms with Crippen molar-refractivity contribution in [1.82, 2.24) is 9.62 Å². The molecule has 3 rings (SSSR count). The minimum Gasteiger partial charge on any atom is -0.396 e. The van der Waals surface area contributed by atoms with Crippen LogP contribution in [0, 0.1) is 11.7 Å². The first-order valence-corrected chi connectivity index (χ1v) is 14.7. The van der Waals surface area contributed by atoms with Gasteiger partial charge in [0.05, 0.1) is 23.2 Å². The lowest BCUT2D eigenvalue weighted by Gasteiger charge is -2.31. The van der Waals surface area contributed by atoms with Gasteiger partial charge >= 0.3 is 0 Å². The number of benzene rings is 3. The van der Waals surface area contributed by atoms with E-state index >= 15 is 0 Å². The molecule has 2 atom stereocenters. The maximum atomic E-state index is 14.0. The van der Waals surface area contributed by atoms with E-state index in [9.17, 15) is 22.7 Å². The Bertz CT molecular complexity index is 1370. The van der Waals surface area contributed by atoms with Crippen LogP contribution in [-0.4, -0.2) is 55.5 Å². The molecule has 0 fully saturated rings. The van der Waals surface area contributed by atoms with Crippen molar-refractivity contribution in [2.45, 2.75) is 56.5 Å². The van der Waals surface area contributed by atoms with Crippen molar-refractivity contribution in [3.05, 3.63) is 72.0 Å². The second kappa shape index (κ2) is 13.8. The first-order valence-electron chi connectivity index (χ1n) is 13.2. The molecule has 0 aliphatic rings. The number of hydrogen-bond acceptors (Lipinski definition) is 6. The fourth-order valence-corrected chi connectivity index (χ4v) is 6.32. The zero-order valence-corrected chi connectivity index (χ0v) is 23.3. The van der Waals surface area contributed by atoms with Gasteiger partial charge in [-0.05, 0) is 59.7 Å². The molecule has 0 bridgehead atoms. The van der Waals surface area contributed by atoms with Gasteiger partial charge in [-0.25, -0.2) is 12.8 Å². The summed E-state index contributed by atoms with van der Waals surface area (Å²) in [5.41, 5.74) is 12.5. The van der Waals surface area contributed by atoms with Crippen LogP contribution in [0.3, 0.4) is 0 Å². The topological polar surface area (TPSA) is 139 Å². The second-order valence-electron chi connectivity index (χ2n) is 10.3. The van der Waals surface area contributed by atoms with Gasteiger partial charge in [-0.1, -0.05) is 62.7 Å². The Labute approximate surface area is 230 Å². The molecule has 0 saturated carbocycles. The molecule has 3 aromatic rings. The molecule has 0 spiro atoms. The van der Waals surface area contributed by atoms with Crippen LogP contribution in [0.1, 0.15) is 38.7 Å². The maximum Gasteiger partial charge on any atom is 0.243 e. The summed E-state index contributed by atoms with van der Waals surface area (Å²) < 4.78 is 41.9. The number of nitrogens with two attached hydrogens (primary N) is 2. The van der Waals surface area contributed by atoms with Crippen molar-refractivity contribution >= 4 is 32.4 Å². The number of nitrogen functional groups attached to an aromatic ring is 1. The van der Waals surface area contributed by atoms with Crippen LogP contribution in [0.25, 0.3) is 10.8 Å². The number of nitrogens with one attached hydrogen (secondary N) is 1. The fourth-order valence-electron chi connectivity index (χ4n) is 4.49. The maximum absolute atomic E-state index is 14.0. The Hall–Kier alpha value is -3.05. The highest BCUT2D eigenvalue weighted by molar-refractivity contribution is 7.89. The number of sulfonamides is 1. The summed E-state index contributed by atoms with van der Waals surface area (Å²) >= 11 is 0. The van der Waals surface area contributed by atoms with E-state index in [-0.39, 0.29) is 35.6 Å². The van der Waals surface area contributed by atoms with Gasteiger partial charge in [0.1, 0.15) is 5.82 Å². The molecule has 6 N–H and O–H groups in total. The second-order valence-corrected chi connectivity index (χ2v) is 12.2. The van der Waals surface area contributed by atoms with E-state index in [2.05, 4.69) is 5.32 Å². The number of unbranched alkanes of at least 4 members (excludes halogenated alkanes) is 1. The summed E-state index contributed by atoms with van der Waals surface area (Å²) in [4.78, 5) is 12.3. The molecule has 0 aliphatic heterocycles. The quantitative estimate of drug-likeness (QED) is 0.177. The highest BCUT2D eigenvalue weighted by Crippen LogP contribution is 2.25. The summed E-state index contributed by atoms with van der Waals surface area (Å²) in [5, 5.41) is 15.1. The van der Waals surface area contributed by atoms with Crippen molar-refractivity contribution in [2.75, 3.05) is 25.4 Å². The molecule has 0 aliphatic carbocycles. The smallest absolute Gasteiger partial charge is 0.243 e.